The van der Waals surface area contributed by atoms with Gasteiger partial charge in [-0.3, -0.25) is 4.79 Å². The van der Waals surface area contributed by atoms with E-state index in [2.05, 4.69) is 32.8 Å². The minimum atomic E-state index is -0.758. The summed E-state index contributed by atoms with van der Waals surface area (Å²) < 4.78 is 0. The van der Waals surface area contributed by atoms with E-state index in [0.29, 0.717) is 27.7 Å². The number of hydrogen-bond acceptors (Lipinski definition) is 3. The molecule has 1 aliphatic rings. The number of aryl methyl sites for hydroxylation is 1. The van der Waals surface area contributed by atoms with Crippen molar-refractivity contribution < 1.29 is 9.59 Å². The molecule has 9 heteroatoms. The summed E-state index contributed by atoms with van der Waals surface area (Å²) >= 11 is 12.5. The van der Waals surface area contributed by atoms with Crippen LogP contribution < -0.4 is 16.0 Å². The molecule has 0 spiro atoms. The SMILES string of the molecule is CCCCc1nc(Cl)c(C2NC(=O)NC(C)=C2C(=O)Nc2ccccc2Cl)[nH]1. The van der Waals surface area contributed by atoms with Crippen LogP contribution in [0.15, 0.2) is 35.5 Å². The van der Waals surface area contributed by atoms with E-state index in [1.54, 1.807) is 31.2 Å². The standard InChI is InChI=1S/C19H21Cl2N5O2/c1-3-4-9-13-24-16(17(21)25-13)15-14(10(2)22-19(28)26-15)18(27)23-12-8-6-5-7-11(12)20/h5-8,15H,3-4,9H2,1-2H3,(H,23,27)(H,24,25)(H2,22,26,28). The Morgan fingerprint density at radius 1 is 1.29 bits per heavy atom. The number of amides is 3. The first-order chi connectivity index (χ1) is 13.4. The van der Waals surface area contributed by atoms with Gasteiger partial charge < -0.3 is 20.9 Å². The number of nitrogens with zero attached hydrogens (tertiary/aromatic N) is 1. The van der Waals surface area contributed by atoms with Crippen molar-refractivity contribution in [3.63, 3.8) is 0 Å². The Kier molecular flexibility index (Phi) is 6.26. The van der Waals surface area contributed by atoms with Crippen LogP contribution >= 0.6 is 23.2 Å². The van der Waals surface area contributed by atoms with Crippen molar-refractivity contribution in [3.05, 3.63) is 57.2 Å². The fourth-order valence-corrected chi connectivity index (χ4v) is 3.47. The van der Waals surface area contributed by atoms with E-state index < -0.39 is 18.0 Å². The van der Waals surface area contributed by atoms with E-state index >= 15 is 0 Å². The lowest BCUT2D eigenvalue weighted by Gasteiger charge is -2.27. The van der Waals surface area contributed by atoms with Crippen molar-refractivity contribution in [1.29, 1.82) is 0 Å². The molecule has 0 aliphatic carbocycles. The number of anilines is 1. The Labute approximate surface area is 172 Å². The largest absolute Gasteiger partial charge is 0.343 e. The number of carbonyl (C=O) groups excluding carboxylic acids is 2. The monoisotopic (exact) mass is 421 g/mol. The number of allylic oxidation sites excluding steroid dienone is 1. The number of carbonyl (C=O) groups is 2. The van der Waals surface area contributed by atoms with Crippen molar-refractivity contribution in [2.75, 3.05) is 5.32 Å². The number of hydrogen-bond donors (Lipinski definition) is 4. The lowest BCUT2D eigenvalue weighted by molar-refractivity contribution is -0.113. The maximum absolute atomic E-state index is 13.0. The molecule has 3 amide bonds. The molecule has 0 fully saturated rings. The van der Waals surface area contributed by atoms with Gasteiger partial charge in [0.15, 0.2) is 5.15 Å². The highest BCUT2D eigenvalue weighted by Gasteiger charge is 2.34. The number of benzene rings is 1. The highest BCUT2D eigenvalue weighted by molar-refractivity contribution is 6.34. The Bertz CT molecular complexity index is 938. The molecule has 4 N–H and O–H groups in total. The second-order valence-corrected chi connectivity index (χ2v) is 7.26. The third-order valence-corrected chi connectivity index (χ3v) is 5.04. The van der Waals surface area contributed by atoms with Crippen molar-refractivity contribution in [2.45, 2.75) is 39.2 Å². The average Bonchev–Trinajstić information content (AvgIpc) is 3.01. The van der Waals surface area contributed by atoms with Gasteiger partial charge in [-0.1, -0.05) is 48.7 Å². The smallest absolute Gasteiger partial charge is 0.319 e. The van der Waals surface area contributed by atoms with Crippen LogP contribution in [0.3, 0.4) is 0 Å². The molecule has 1 aromatic carbocycles. The molecular weight excluding hydrogens is 401 g/mol. The molecule has 0 saturated carbocycles. The van der Waals surface area contributed by atoms with Crippen LogP contribution in [0, 0.1) is 0 Å². The summed E-state index contributed by atoms with van der Waals surface area (Å²) in [7, 11) is 0. The summed E-state index contributed by atoms with van der Waals surface area (Å²) in [6, 6.07) is 5.75. The molecule has 148 valence electrons. The zero-order valence-electron chi connectivity index (χ0n) is 15.5. The van der Waals surface area contributed by atoms with Gasteiger partial charge in [0, 0.05) is 12.1 Å². The first kappa shape index (κ1) is 20.2. The predicted octanol–water partition coefficient (Wildman–Crippen LogP) is 4.33. The van der Waals surface area contributed by atoms with Gasteiger partial charge in [0.25, 0.3) is 5.91 Å². The van der Waals surface area contributed by atoms with Gasteiger partial charge in [-0.25, -0.2) is 9.78 Å². The van der Waals surface area contributed by atoms with Gasteiger partial charge in [-0.15, -0.1) is 0 Å². The maximum atomic E-state index is 13.0. The van der Waals surface area contributed by atoms with Gasteiger partial charge in [-0.05, 0) is 25.5 Å². The van der Waals surface area contributed by atoms with E-state index in [1.165, 1.54) is 0 Å². The lowest BCUT2D eigenvalue weighted by atomic mass is 9.99. The van der Waals surface area contributed by atoms with Crippen LogP contribution in [0.4, 0.5) is 10.5 Å². The summed E-state index contributed by atoms with van der Waals surface area (Å²) in [5, 5.41) is 8.81. The highest BCUT2D eigenvalue weighted by atomic mass is 35.5. The Morgan fingerprint density at radius 2 is 2.04 bits per heavy atom. The fourth-order valence-electron chi connectivity index (χ4n) is 3.03. The van der Waals surface area contributed by atoms with E-state index in [-0.39, 0.29) is 5.15 Å². The fraction of sp³-hybridized carbons (Fsp3) is 0.316. The normalized spacial score (nSPS) is 16.6. The molecule has 0 bridgehead atoms. The van der Waals surface area contributed by atoms with Crippen LogP contribution in [0.2, 0.25) is 10.2 Å². The molecule has 1 aliphatic heterocycles. The number of aromatic amines is 1. The third kappa shape index (κ3) is 4.31. The van der Waals surface area contributed by atoms with E-state index in [4.69, 9.17) is 23.2 Å². The summed E-state index contributed by atoms with van der Waals surface area (Å²) in [5.41, 5.74) is 1.71. The van der Waals surface area contributed by atoms with Gasteiger partial charge in [0.1, 0.15) is 11.9 Å². The number of H-pyrrole nitrogens is 1. The number of urea groups is 1. The Hall–Kier alpha value is -2.51. The van der Waals surface area contributed by atoms with Crippen LogP contribution in [0.25, 0.3) is 0 Å². The van der Waals surface area contributed by atoms with E-state index in [9.17, 15) is 9.59 Å². The van der Waals surface area contributed by atoms with Gasteiger partial charge in [0.2, 0.25) is 0 Å². The molecule has 0 radical (unpaired) electrons. The molecule has 2 aromatic rings. The third-order valence-electron chi connectivity index (χ3n) is 4.43. The van der Waals surface area contributed by atoms with E-state index in [0.717, 1.165) is 25.1 Å². The van der Waals surface area contributed by atoms with Crippen LogP contribution in [0.1, 0.15) is 44.2 Å². The number of aromatic nitrogens is 2. The second-order valence-electron chi connectivity index (χ2n) is 6.50. The van der Waals surface area contributed by atoms with Crippen molar-refractivity contribution in [3.8, 4) is 0 Å². The summed E-state index contributed by atoms with van der Waals surface area (Å²) in [6.07, 6.45) is 2.71. The number of nitrogens with one attached hydrogen (secondary N) is 4. The molecule has 1 atom stereocenters. The summed E-state index contributed by atoms with van der Waals surface area (Å²) in [4.78, 5) is 32.5. The van der Waals surface area contributed by atoms with Crippen molar-refractivity contribution in [2.24, 2.45) is 0 Å². The number of unbranched alkanes of at least 4 members (excludes halogenated alkanes) is 1. The number of para-hydroxylation sites is 1. The quantitative estimate of drug-likeness (QED) is 0.558. The average molecular weight is 422 g/mol. The van der Waals surface area contributed by atoms with Crippen LogP contribution in [-0.4, -0.2) is 21.9 Å². The molecule has 1 aromatic heterocycles. The van der Waals surface area contributed by atoms with Crippen molar-refractivity contribution in [1.82, 2.24) is 20.6 Å². The van der Waals surface area contributed by atoms with Crippen LogP contribution in [0.5, 0.6) is 0 Å². The van der Waals surface area contributed by atoms with Crippen LogP contribution in [-0.2, 0) is 11.2 Å². The molecule has 0 saturated heterocycles. The number of halogens is 2. The predicted molar refractivity (Wildman–Crippen MR) is 109 cm³/mol. The van der Waals surface area contributed by atoms with Gasteiger partial charge >= 0.3 is 6.03 Å². The molecule has 2 heterocycles. The molecule has 3 rings (SSSR count). The molecular formula is C19H21Cl2N5O2. The first-order valence-electron chi connectivity index (χ1n) is 8.99. The zero-order chi connectivity index (χ0) is 20.3. The summed E-state index contributed by atoms with van der Waals surface area (Å²) in [5.74, 6) is 0.321. The maximum Gasteiger partial charge on any atom is 0.319 e. The lowest BCUT2D eigenvalue weighted by Crippen LogP contribution is -2.46. The van der Waals surface area contributed by atoms with Gasteiger partial charge in [0.05, 0.1) is 22.0 Å². The van der Waals surface area contributed by atoms with E-state index in [1.807, 2.05) is 0 Å². The molecule has 7 nitrogen and oxygen atoms in total. The Balaban J connectivity index is 1.94. The van der Waals surface area contributed by atoms with Crippen molar-refractivity contribution >= 4 is 40.8 Å². The van der Waals surface area contributed by atoms with Gasteiger partial charge in [-0.2, -0.15) is 0 Å². The number of rotatable bonds is 6. The number of imidazole rings is 1. The second kappa shape index (κ2) is 8.67. The minimum absolute atomic E-state index is 0.231. The zero-order valence-corrected chi connectivity index (χ0v) is 17.0. The first-order valence-corrected chi connectivity index (χ1v) is 9.74. The molecule has 1 unspecified atom stereocenters. The molecule has 28 heavy (non-hydrogen) atoms. The minimum Gasteiger partial charge on any atom is -0.343 e. The summed E-state index contributed by atoms with van der Waals surface area (Å²) in [6.45, 7) is 3.75. The highest BCUT2D eigenvalue weighted by Crippen LogP contribution is 2.32. The Morgan fingerprint density at radius 3 is 2.75 bits per heavy atom. The topological polar surface area (TPSA) is 98.9 Å².